The third-order valence-corrected chi connectivity index (χ3v) is 8.31. The molecule has 0 saturated heterocycles. The first-order valence-electron chi connectivity index (χ1n) is 13.6. The number of ketones is 2. The van der Waals surface area contributed by atoms with Crippen molar-refractivity contribution in [3.05, 3.63) is 119 Å². The normalized spacial score (nSPS) is 13.1. The van der Waals surface area contributed by atoms with Gasteiger partial charge in [0.05, 0.1) is 0 Å². The summed E-state index contributed by atoms with van der Waals surface area (Å²) in [5.41, 5.74) is 7.27. The Labute approximate surface area is 225 Å². The molecule has 0 aliphatic heterocycles. The highest BCUT2D eigenvalue weighted by Crippen LogP contribution is 2.50. The van der Waals surface area contributed by atoms with Gasteiger partial charge in [-0.25, -0.2) is 0 Å². The fourth-order valence-corrected chi connectivity index (χ4v) is 6.84. The summed E-state index contributed by atoms with van der Waals surface area (Å²) in [6, 6.07) is 32.7. The minimum absolute atomic E-state index is 0.0834. The minimum atomic E-state index is 0.0834. The van der Waals surface area contributed by atoms with Gasteiger partial charge in [-0.15, -0.1) is 0 Å². The second-order valence-corrected chi connectivity index (χ2v) is 10.6. The van der Waals surface area contributed by atoms with E-state index in [9.17, 15) is 9.59 Å². The zero-order valence-corrected chi connectivity index (χ0v) is 21.8. The van der Waals surface area contributed by atoms with Crippen LogP contribution < -0.4 is 0 Å². The molecule has 39 heavy (non-hydrogen) atoms. The van der Waals surface area contributed by atoms with Crippen LogP contribution in [0, 0.1) is 0 Å². The maximum absolute atomic E-state index is 13.5. The summed E-state index contributed by atoms with van der Waals surface area (Å²) in [5, 5.41) is 8.83. The smallest absolute Gasteiger partial charge is 0.194 e. The number of carbonyl (C=O) groups is 2. The highest BCUT2D eigenvalue weighted by molar-refractivity contribution is 6.41. The second kappa shape index (κ2) is 7.85. The molecular weight excluding hydrogens is 476 g/mol. The lowest BCUT2D eigenvalue weighted by Crippen LogP contribution is -2.11. The molecule has 0 spiro atoms. The van der Waals surface area contributed by atoms with Crippen LogP contribution in [0.15, 0.2) is 97.1 Å². The van der Waals surface area contributed by atoms with Crippen molar-refractivity contribution in [3.8, 4) is 22.3 Å². The first kappa shape index (κ1) is 22.2. The van der Waals surface area contributed by atoms with E-state index < -0.39 is 0 Å². The summed E-state index contributed by atoms with van der Waals surface area (Å²) in [5.74, 6) is 0.167. The van der Waals surface area contributed by atoms with Gasteiger partial charge in [0, 0.05) is 33.0 Å². The Bertz CT molecular complexity index is 2020. The Hall–Kier alpha value is -4.82. The van der Waals surface area contributed by atoms with Crippen molar-refractivity contribution in [1.82, 2.24) is 0 Å². The molecule has 0 heterocycles. The van der Waals surface area contributed by atoms with E-state index in [0.29, 0.717) is 0 Å². The van der Waals surface area contributed by atoms with Gasteiger partial charge in [0.15, 0.2) is 11.6 Å². The topological polar surface area (TPSA) is 34.1 Å². The Balaban J connectivity index is 0.000000752. The number of fused-ring (bicyclic) bond motifs is 6. The van der Waals surface area contributed by atoms with E-state index in [4.69, 9.17) is 0 Å². The van der Waals surface area contributed by atoms with E-state index >= 15 is 0 Å². The summed E-state index contributed by atoms with van der Waals surface area (Å²) >= 11 is 0. The Morgan fingerprint density at radius 1 is 0.359 bits per heavy atom. The molecule has 0 aromatic heterocycles. The third-order valence-electron chi connectivity index (χ3n) is 8.31. The molecule has 2 nitrogen and oxygen atoms in total. The number of hydrogen-bond donors (Lipinski definition) is 0. The van der Waals surface area contributed by atoms with Crippen molar-refractivity contribution in [2.24, 2.45) is 0 Å². The molecule has 0 saturated carbocycles. The highest BCUT2D eigenvalue weighted by Gasteiger charge is 2.30. The maximum atomic E-state index is 13.5. The summed E-state index contributed by atoms with van der Waals surface area (Å²) in [6.07, 6.45) is 1.25. The monoisotopic (exact) mass is 500 g/mol. The van der Waals surface area contributed by atoms with Crippen LogP contribution in [0.2, 0.25) is 0 Å². The standard InChI is InChI=1S/C34H16O2.C3H8/c35-33-25-7-3-1-5-17(25)19-9-11-21-24-14-16-28-32-20(18-6-2-4-8-26(18)34(28)36)10-12-22(30(24)32)23-13-15-27(33)31(19)29(21)23;1-3-2/h1-16H;3H2,1-2H3. The zero-order valence-electron chi connectivity index (χ0n) is 21.8. The van der Waals surface area contributed by atoms with Gasteiger partial charge in [-0.05, 0) is 66.7 Å². The molecule has 7 aromatic rings. The van der Waals surface area contributed by atoms with Crippen LogP contribution in [0.3, 0.4) is 0 Å². The fourth-order valence-electron chi connectivity index (χ4n) is 6.84. The molecule has 2 heteroatoms. The first-order valence-corrected chi connectivity index (χ1v) is 13.6. The van der Waals surface area contributed by atoms with E-state index in [1.165, 1.54) is 6.42 Å². The molecule has 0 fully saturated rings. The molecule has 0 amide bonds. The quantitative estimate of drug-likeness (QED) is 0.153. The molecule has 2 aliphatic carbocycles. The summed E-state index contributed by atoms with van der Waals surface area (Å²) in [7, 11) is 0. The van der Waals surface area contributed by atoms with Crippen LogP contribution in [-0.4, -0.2) is 11.6 Å². The molecule has 184 valence electrons. The van der Waals surface area contributed by atoms with Crippen molar-refractivity contribution in [1.29, 1.82) is 0 Å². The third kappa shape index (κ3) is 2.71. The lowest BCUT2D eigenvalue weighted by Gasteiger charge is -2.25. The predicted octanol–water partition coefficient (Wildman–Crippen LogP) is 9.58. The van der Waals surface area contributed by atoms with Crippen LogP contribution >= 0.6 is 0 Å². The predicted molar refractivity (Wildman–Crippen MR) is 161 cm³/mol. The van der Waals surface area contributed by atoms with E-state index in [1.807, 2.05) is 60.7 Å². The largest absolute Gasteiger partial charge is 0.289 e. The molecule has 0 bridgehead atoms. The van der Waals surface area contributed by atoms with E-state index in [2.05, 4.69) is 50.2 Å². The minimum Gasteiger partial charge on any atom is -0.289 e. The van der Waals surface area contributed by atoms with Gasteiger partial charge in [0.25, 0.3) is 0 Å². The molecule has 0 N–H and O–H groups in total. The Morgan fingerprint density at radius 3 is 1.03 bits per heavy atom. The molecular formula is C37H24O2. The molecule has 0 atom stereocenters. The van der Waals surface area contributed by atoms with Crippen molar-refractivity contribution >= 4 is 54.7 Å². The second-order valence-electron chi connectivity index (χ2n) is 10.6. The number of carbonyl (C=O) groups excluding carboxylic acids is 2. The number of rotatable bonds is 0. The lowest BCUT2D eigenvalue weighted by molar-refractivity contribution is 0.103. The summed E-state index contributed by atoms with van der Waals surface area (Å²) in [6.45, 7) is 4.25. The fraction of sp³-hybridized carbons (Fsp3) is 0.0811. The van der Waals surface area contributed by atoms with E-state index in [0.717, 1.165) is 87.6 Å². The Kier molecular flexibility index (Phi) is 4.46. The van der Waals surface area contributed by atoms with Crippen LogP contribution in [-0.2, 0) is 0 Å². The van der Waals surface area contributed by atoms with Gasteiger partial charge in [-0.3, -0.25) is 9.59 Å². The summed E-state index contributed by atoms with van der Waals surface area (Å²) < 4.78 is 0. The first-order chi connectivity index (χ1) is 19.1. The highest BCUT2D eigenvalue weighted by atomic mass is 16.1. The molecule has 2 aliphatic rings. The average Bonchev–Trinajstić information content (AvgIpc) is 2.98. The Morgan fingerprint density at radius 2 is 0.667 bits per heavy atom. The van der Waals surface area contributed by atoms with Gasteiger partial charge in [-0.1, -0.05) is 105 Å². The average molecular weight is 501 g/mol. The molecule has 0 unspecified atom stereocenters. The zero-order chi connectivity index (χ0) is 26.4. The van der Waals surface area contributed by atoms with Gasteiger partial charge < -0.3 is 0 Å². The molecule has 7 aromatic carbocycles. The van der Waals surface area contributed by atoms with Gasteiger partial charge >= 0.3 is 0 Å². The maximum Gasteiger partial charge on any atom is 0.194 e. The molecule has 0 radical (unpaired) electrons. The van der Waals surface area contributed by atoms with Crippen LogP contribution in [0.5, 0.6) is 0 Å². The molecule has 9 rings (SSSR count). The van der Waals surface area contributed by atoms with Crippen molar-refractivity contribution in [2.75, 3.05) is 0 Å². The van der Waals surface area contributed by atoms with Gasteiger partial charge in [0.2, 0.25) is 0 Å². The summed E-state index contributed by atoms with van der Waals surface area (Å²) in [4.78, 5) is 27.0. The van der Waals surface area contributed by atoms with Gasteiger partial charge in [-0.2, -0.15) is 0 Å². The number of benzene rings is 7. The van der Waals surface area contributed by atoms with Gasteiger partial charge in [0.1, 0.15) is 0 Å². The van der Waals surface area contributed by atoms with Crippen molar-refractivity contribution in [3.63, 3.8) is 0 Å². The van der Waals surface area contributed by atoms with Crippen LogP contribution in [0.25, 0.3) is 65.3 Å². The van der Waals surface area contributed by atoms with E-state index in [1.54, 1.807) is 0 Å². The lowest BCUT2D eigenvalue weighted by atomic mass is 9.77. The SMILES string of the molecule is CCC.O=C1c2ccccc2-c2ccc3c4ccc5c6c(ccc(c7ccc1c2c73)c64)-c1ccccc1C5=O. The van der Waals surface area contributed by atoms with Crippen molar-refractivity contribution < 1.29 is 9.59 Å². The van der Waals surface area contributed by atoms with Crippen LogP contribution in [0.4, 0.5) is 0 Å². The van der Waals surface area contributed by atoms with Crippen molar-refractivity contribution in [2.45, 2.75) is 20.3 Å². The van der Waals surface area contributed by atoms with E-state index in [-0.39, 0.29) is 11.6 Å². The van der Waals surface area contributed by atoms with Crippen LogP contribution in [0.1, 0.15) is 52.1 Å². The number of hydrogen-bond acceptors (Lipinski definition) is 2.